The SMILES string of the molecule is Cc1cc(Nc2nc(Sc3ccc(NC(=O)CN4CCC([S+]([O-])C(C)(C)C)C4)cc3)nc3cccn23)n[nH]1. The summed E-state index contributed by atoms with van der Waals surface area (Å²) in [5, 5.41) is 14.1. The normalized spacial score (nSPS) is 17.1. The van der Waals surface area contributed by atoms with E-state index in [0.29, 0.717) is 30.0 Å². The highest BCUT2D eigenvalue weighted by Crippen LogP contribution is 2.29. The predicted molar refractivity (Wildman–Crippen MR) is 152 cm³/mol. The number of carbonyl (C=O) groups excluding carboxylic acids is 1. The van der Waals surface area contributed by atoms with Crippen molar-refractivity contribution in [2.75, 3.05) is 30.3 Å². The molecule has 0 bridgehead atoms. The first kappa shape index (κ1) is 26.5. The lowest BCUT2D eigenvalue weighted by Crippen LogP contribution is -2.40. The van der Waals surface area contributed by atoms with Crippen LogP contribution in [0.25, 0.3) is 5.65 Å². The van der Waals surface area contributed by atoms with E-state index in [4.69, 9.17) is 0 Å². The summed E-state index contributed by atoms with van der Waals surface area (Å²) in [6.07, 6.45) is 2.76. The van der Waals surface area contributed by atoms with Gasteiger partial charge in [0.1, 0.15) is 15.6 Å². The molecule has 1 amide bonds. The lowest BCUT2D eigenvalue weighted by atomic mass is 10.3. The molecule has 0 saturated carbocycles. The summed E-state index contributed by atoms with van der Waals surface area (Å²) in [4.78, 5) is 25.0. The first-order chi connectivity index (χ1) is 18.1. The molecule has 4 aromatic rings. The second-order valence-corrected chi connectivity index (χ2v) is 13.9. The van der Waals surface area contributed by atoms with Crippen molar-refractivity contribution in [2.45, 2.75) is 54.2 Å². The van der Waals surface area contributed by atoms with E-state index in [1.807, 2.05) is 80.8 Å². The van der Waals surface area contributed by atoms with Crippen molar-refractivity contribution < 1.29 is 9.35 Å². The molecular formula is C26H32N8O2S2. The summed E-state index contributed by atoms with van der Waals surface area (Å²) in [7, 11) is 0. The second kappa shape index (κ2) is 11.0. The highest BCUT2D eigenvalue weighted by atomic mass is 32.2. The van der Waals surface area contributed by atoms with Crippen LogP contribution in [0.3, 0.4) is 0 Å². The Kier molecular flexibility index (Phi) is 7.66. The van der Waals surface area contributed by atoms with Crippen molar-refractivity contribution in [3.8, 4) is 0 Å². The number of hydrogen-bond acceptors (Lipinski definition) is 8. The van der Waals surface area contributed by atoms with Gasteiger partial charge in [-0.05, 0) is 87.0 Å². The standard InChI is InChI=1S/C26H32N8O2S2/c1-17-14-21(32-31-17)28-24-30-25(29-22-6-5-12-34(22)24)37-19-9-7-18(8-10-19)27-23(35)16-33-13-11-20(15-33)38(36)26(2,3)4/h5-10,12,14,20H,11,13,15-16H2,1-4H3,(H,27,35)(H2,28,29,30,31,32). The van der Waals surface area contributed by atoms with Crippen molar-refractivity contribution in [2.24, 2.45) is 0 Å². The van der Waals surface area contributed by atoms with Crippen molar-refractivity contribution >= 4 is 51.9 Å². The molecule has 1 aromatic carbocycles. The number of benzene rings is 1. The van der Waals surface area contributed by atoms with Crippen LogP contribution in [0, 0.1) is 6.92 Å². The molecule has 1 aliphatic heterocycles. The van der Waals surface area contributed by atoms with Crippen LogP contribution in [-0.2, 0) is 16.0 Å². The Balaban J connectivity index is 1.19. The summed E-state index contributed by atoms with van der Waals surface area (Å²) in [5.74, 6) is 1.23. The molecule has 5 rings (SSSR count). The maximum atomic E-state index is 12.7. The van der Waals surface area contributed by atoms with Gasteiger partial charge in [-0.2, -0.15) is 10.1 Å². The molecule has 0 spiro atoms. The lowest BCUT2D eigenvalue weighted by Gasteiger charge is -2.29. The number of aryl methyl sites for hydroxylation is 1. The van der Waals surface area contributed by atoms with E-state index in [9.17, 15) is 9.35 Å². The van der Waals surface area contributed by atoms with Gasteiger partial charge in [-0.1, -0.05) is 0 Å². The monoisotopic (exact) mass is 552 g/mol. The summed E-state index contributed by atoms with van der Waals surface area (Å²) >= 11 is 0.522. The average molecular weight is 553 g/mol. The van der Waals surface area contributed by atoms with Crippen LogP contribution in [0.1, 0.15) is 32.9 Å². The van der Waals surface area contributed by atoms with Crippen molar-refractivity contribution in [3.63, 3.8) is 0 Å². The van der Waals surface area contributed by atoms with Crippen molar-refractivity contribution in [3.05, 3.63) is 54.4 Å². The summed E-state index contributed by atoms with van der Waals surface area (Å²) in [5.41, 5.74) is 2.46. The predicted octanol–water partition coefficient (Wildman–Crippen LogP) is 4.22. The average Bonchev–Trinajstić information content (AvgIpc) is 3.61. The first-order valence-electron chi connectivity index (χ1n) is 12.5. The van der Waals surface area contributed by atoms with Crippen molar-refractivity contribution in [1.29, 1.82) is 0 Å². The van der Waals surface area contributed by atoms with Crippen LogP contribution in [0.2, 0.25) is 0 Å². The zero-order valence-corrected chi connectivity index (χ0v) is 23.5. The number of nitrogens with zero attached hydrogens (tertiary/aromatic N) is 5. The minimum absolute atomic E-state index is 0.0704. The van der Waals surface area contributed by atoms with E-state index in [0.717, 1.165) is 34.9 Å². The number of nitrogens with one attached hydrogen (secondary N) is 3. The molecule has 200 valence electrons. The molecule has 2 atom stereocenters. The molecule has 1 saturated heterocycles. The highest BCUT2D eigenvalue weighted by Gasteiger charge is 2.38. The largest absolute Gasteiger partial charge is 0.616 e. The fourth-order valence-corrected chi connectivity index (χ4v) is 6.79. The second-order valence-electron chi connectivity index (χ2n) is 10.4. The van der Waals surface area contributed by atoms with Gasteiger partial charge in [0.15, 0.2) is 11.0 Å². The number of aromatic amines is 1. The fourth-order valence-electron chi connectivity index (χ4n) is 4.37. The highest BCUT2D eigenvalue weighted by molar-refractivity contribution is 7.99. The zero-order chi connectivity index (χ0) is 26.9. The quantitative estimate of drug-likeness (QED) is 0.278. The number of hydrogen-bond donors (Lipinski definition) is 3. The van der Waals surface area contributed by atoms with Gasteiger partial charge in [0.2, 0.25) is 11.9 Å². The van der Waals surface area contributed by atoms with Gasteiger partial charge < -0.3 is 15.2 Å². The number of amides is 1. The Morgan fingerprint density at radius 1 is 1.24 bits per heavy atom. The van der Waals surface area contributed by atoms with Gasteiger partial charge in [0, 0.05) is 48.1 Å². The Labute approximate surface area is 229 Å². The van der Waals surface area contributed by atoms with E-state index in [1.54, 1.807) is 0 Å². The Morgan fingerprint density at radius 3 is 2.74 bits per heavy atom. The maximum Gasteiger partial charge on any atom is 0.238 e. The molecule has 0 radical (unpaired) electrons. The molecule has 12 heteroatoms. The molecule has 3 aromatic heterocycles. The van der Waals surface area contributed by atoms with Crippen LogP contribution in [0.5, 0.6) is 0 Å². The smallest absolute Gasteiger partial charge is 0.238 e. The van der Waals surface area contributed by atoms with Crippen LogP contribution in [0.4, 0.5) is 17.5 Å². The topological polar surface area (TPSA) is 126 Å². The van der Waals surface area contributed by atoms with E-state index in [2.05, 4.69) is 35.7 Å². The molecule has 1 fully saturated rings. The number of likely N-dealkylation sites (tertiary alicyclic amines) is 1. The number of anilines is 3. The minimum Gasteiger partial charge on any atom is -0.616 e. The van der Waals surface area contributed by atoms with Gasteiger partial charge in [-0.25, -0.2) is 4.98 Å². The molecule has 0 aliphatic carbocycles. The van der Waals surface area contributed by atoms with Crippen LogP contribution >= 0.6 is 11.8 Å². The van der Waals surface area contributed by atoms with Gasteiger partial charge in [0.25, 0.3) is 0 Å². The molecule has 10 nitrogen and oxygen atoms in total. The third-order valence-electron chi connectivity index (χ3n) is 6.16. The Hall–Kier alpha value is -3.06. The number of rotatable bonds is 8. The lowest BCUT2D eigenvalue weighted by molar-refractivity contribution is -0.117. The summed E-state index contributed by atoms with van der Waals surface area (Å²) < 4.78 is 14.3. The van der Waals surface area contributed by atoms with Crippen LogP contribution in [-0.4, -0.2) is 69.6 Å². The first-order valence-corrected chi connectivity index (χ1v) is 14.5. The van der Waals surface area contributed by atoms with Gasteiger partial charge >= 0.3 is 0 Å². The molecule has 38 heavy (non-hydrogen) atoms. The zero-order valence-electron chi connectivity index (χ0n) is 21.9. The summed E-state index contributed by atoms with van der Waals surface area (Å²) in [6, 6.07) is 13.4. The van der Waals surface area contributed by atoms with Gasteiger partial charge in [-0.15, -0.1) is 0 Å². The molecular weight excluding hydrogens is 520 g/mol. The van der Waals surface area contributed by atoms with Crippen molar-refractivity contribution in [1.82, 2.24) is 29.5 Å². The van der Waals surface area contributed by atoms with E-state index in [-0.39, 0.29) is 15.9 Å². The van der Waals surface area contributed by atoms with E-state index in [1.165, 1.54) is 11.8 Å². The van der Waals surface area contributed by atoms with Gasteiger partial charge in [-0.3, -0.25) is 19.2 Å². The maximum absolute atomic E-state index is 12.7. The third kappa shape index (κ3) is 6.32. The number of fused-ring (bicyclic) bond motifs is 1. The molecule has 3 N–H and O–H groups in total. The van der Waals surface area contributed by atoms with Crippen LogP contribution in [0.15, 0.2) is 58.7 Å². The van der Waals surface area contributed by atoms with E-state index < -0.39 is 11.2 Å². The summed E-state index contributed by atoms with van der Waals surface area (Å²) in [6.45, 7) is 9.73. The number of carbonyl (C=O) groups is 1. The number of H-pyrrole nitrogens is 1. The number of aromatic nitrogens is 5. The van der Waals surface area contributed by atoms with Gasteiger partial charge in [0.05, 0.1) is 6.54 Å². The molecule has 1 aliphatic rings. The fraction of sp³-hybridized carbons (Fsp3) is 0.385. The molecule has 2 unspecified atom stereocenters. The molecule has 4 heterocycles. The third-order valence-corrected chi connectivity index (χ3v) is 9.23. The van der Waals surface area contributed by atoms with E-state index >= 15 is 0 Å². The Morgan fingerprint density at radius 2 is 2.03 bits per heavy atom. The van der Waals surface area contributed by atoms with Crippen LogP contribution < -0.4 is 10.6 Å². The Bertz CT molecular complexity index is 1410. The minimum atomic E-state index is -0.918.